The molecule has 2 fully saturated rings. The van der Waals surface area contributed by atoms with Crippen LogP contribution in [0, 0.1) is 6.92 Å². The van der Waals surface area contributed by atoms with Crippen LogP contribution >= 0.6 is 0 Å². The van der Waals surface area contributed by atoms with Crippen molar-refractivity contribution < 1.29 is 19.1 Å². The summed E-state index contributed by atoms with van der Waals surface area (Å²) in [6.07, 6.45) is 6.71. The monoisotopic (exact) mass is 525 g/mol. The number of aryl methyl sites for hydroxylation is 2. The molecule has 5 rings (SSSR count). The summed E-state index contributed by atoms with van der Waals surface area (Å²) in [5.41, 5.74) is 4.68. The Hall–Kier alpha value is -3.33. The number of nitrogens with zero attached hydrogens (tertiary/aromatic N) is 4. The summed E-state index contributed by atoms with van der Waals surface area (Å²) in [5, 5.41) is 7.42. The first kappa shape index (κ1) is 29.2. The van der Waals surface area contributed by atoms with E-state index in [1.807, 2.05) is 37.8 Å². The zero-order valence-corrected chi connectivity index (χ0v) is 24.1. The average Bonchev–Trinajstić information content (AvgIpc) is 3.30. The second kappa shape index (κ2) is 12.5. The lowest BCUT2D eigenvalue weighted by Gasteiger charge is -2.41. The number of nitrogens with one attached hydrogen (secondary N) is 1. The smallest absolute Gasteiger partial charge is 0.325 e. The summed E-state index contributed by atoms with van der Waals surface area (Å²) >= 11 is 0. The van der Waals surface area contributed by atoms with Crippen molar-refractivity contribution in [2.24, 2.45) is 7.05 Å². The van der Waals surface area contributed by atoms with Crippen molar-refractivity contribution >= 4 is 12.3 Å². The molecule has 1 spiro atoms. The quantitative estimate of drug-likeness (QED) is 0.585. The van der Waals surface area contributed by atoms with Gasteiger partial charge >= 0.3 is 6.03 Å². The summed E-state index contributed by atoms with van der Waals surface area (Å²) in [7, 11) is 5.15. The second-order valence-corrected chi connectivity index (χ2v) is 9.60. The first-order valence-electron chi connectivity index (χ1n) is 13.5. The van der Waals surface area contributed by atoms with E-state index < -0.39 is 0 Å². The van der Waals surface area contributed by atoms with Crippen molar-refractivity contribution in [1.29, 1.82) is 0 Å². The summed E-state index contributed by atoms with van der Waals surface area (Å²) in [5.74, 6) is 1.75. The third-order valence-electron chi connectivity index (χ3n) is 7.52. The van der Waals surface area contributed by atoms with Gasteiger partial charge in [0.05, 0.1) is 37.6 Å². The molecule has 9 nitrogen and oxygen atoms in total. The lowest BCUT2D eigenvalue weighted by atomic mass is 9.82. The molecule has 0 saturated carbocycles. The van der Waals surface area contributed by atoms with Gasteiger partial charge in [-0.3, -0.25) is 14.4 Å². The normalized spacial score (nSPS) is 19.2. The van der Waals surface area contributed by atoms with Gasteiger partial charge in [-0.25, -0.2) is 4.79 Å². The van der Waals surface area contributed by atoms with E-state index in [-0.39, 0.29) is 17.5 Å². The Kier molecular flexibility index (Phi) is 9.60. The maximum atomic E-state index is 13.4. The lowest BCUT2D eigenvalue weighted by molar-refractivity contribution is 0.112. The fourth-order valence-corrected chi connectivity index (χ4v) is 5.84. The van der Waals surface area contributed by atoms with Crippen molar-refractivity contribution in [2.75, 3.05) is 33.9 Å². The molecule has 0 bridgehead atoms. The van der Waals surface area contributed by atoms with E-state index in [0.717, 1.165) is 67.1 Å². The molecule has 4 heterocycles. The summed E-state index contributed by atoms with van der Waals surface area (Å²) in [6, 6.07) is 4.10. The van der Waals surface area contributed by atoms with Gasteiger partial charge in [-0.2, -0.15) is 5.10 Å². The van der Waals surface area contributed by atoms with Crippen LogP contribution in [0.15, 0.2) is 30.1 Å². The van der Waals surface area contributed by atoms with E-state index in [1.165, 1.54) is 5.70 Å². The van der Waals surface area contributed by atoms with Crippen molar-refractivity contribution in [1.82, 2.24) is 24.9 Å². The Balaban J connectivity index is 0.000000307. The molecule has 1 aromatic carbocycles. The number of amides is 2. The lowest BCUT2D eigenvalue weighted by Crippen LogP contribution is -2.52. The molecule has 38 heavy (non-hydrogen) atoms. The van der Waals surface area contributed by atoms with E-state index in [2.05, 4.69) is 35.2 Å². The minimum Gasteiger partial charge on any atom is -0.497 e. The number of carbonyl (C=O) groups excluding carboxylic acids is 2. The third kappa shape index (κ3) is 5.29. The topological polar surface area (TPSA) is 88.9 Å². The fraction of sp³-hybridized carbons (Fsp3) is 0.552. The van der Waals surface area contributed by atoms with E-state index >= 15 is 0 Å². The number of hydrogen-bond donors (Lipinski definition) is 1. The number of piperidine rings is 1. The highest BCUT2D eigenvalue weighted by Gasteiger charge is 2.54. The Morgan fingerprint density at radius 2 is 1.87 bits per heavy atom. The van der Waals surface area contributed by atoms with Gasteiger partial charge < -0.3 is 19.7 Å². The molecule has 3 aliphatic rings. The number of hydrogen-bond acceptors (Lipinski definition) is 6. The number of aromatic nitrogens is 2. The van der Waals surface area contributed by atoms with Gasteiger partial charge in [0.25, 0.3) is 0 Å². The van der Waals surface area contributed by atoms with Gasteiger partial charge in [-0.15, -0.1) is 0 Å². The van der Waals surface area contributed by atoms with E-state index in [9.17, 15) is 9.59 Å². The first-order valence-corrected chi connectivity index (χ1v) is 13.5. The minimum absolute atomic E-state index is 0.118. The molecule has 2 aromatic rings. The minimum atomic E-state index is -0.190. The SMILES string of the molecule is CC.CCN1C(=O)N2Cc3cc(OC)cc(OC)c3[C@@H](C)C=C2C12CCNCC2.Cc1nn(C)cc1C=O. The van der Waals surface area contributed by atoms with Crippen LogP contribution in [0.1, 0.15) is 73.6 Å². The van der Waals surface area contributed by atoms with E-state index in [1.54, 1.807) is 32.1 Å². The van der Waals surface area contributed by atoms with Crippen LogP contribution in [0.4, 0.5) is 4.79 Å². The van der Waals surface area contributed by atoms with Gasteiger partial charge in [0.15, 0.2) is 6.29 Å². The van der Waals surface area contributed by atoms with Crippen LogP contribution in [0.3, 0.4) is 0 Å². The van der Waals surface area contributed by atoms with Gasteiger partial charge in [-0.1, -0.05) is 26.8 Å². The predicted octanol–water partition coefficient (Wildman–Crippen LogP) is 4.65. The Bertz CT molecular complexity index is 1170. The Labute approximate surface area is 226 Å². The summed E-state index contributed by atoms with van der Waals surface area (Å²) < 4.78 is 12.8. The number of fused-ring (bicyclic) bond motifs is 3. The van der Waals surface area contributed by atoms with E-state index in [0.29, 0.717) is 12.1 Å². The molecule has 1 atom stereocenters. The average molecular weight is 526 g/mol. The third-order valence-corrected chi connectivity index (χ3v) is 7.52. The number of allylic oxidation sites excluding steroid dienone is 1. The van der Waals surface area contributed by atoms with Crippen LogP contribution in [0.2, 0.25) is 0 Å². The van der Waals surface area contributed by atoms with Gasteiger partial charge in [0.2, 0.25) is 0 Å². The predicted molar refractivity (Wildman–Crippen MR) is 149 cm³/mol. The molecule has 0 unspecified atom stereocenters. The van der Waals surface area contributed by atoms with Gasteiger partial charge in [0.1, 0.15) is 11.5 Å². The van der Waals surface area contributed by atoms with Gasteiger partial charge in [-0.05, 0) is 51.4 Å². The molecule has 2 amide bonds. The Morgan fingerprint density at radius 3 is 2.37 bits per heavy atom. The van der Waals surface area contributed by atoms with E-state index in [4.69, 9.17) is 9.47 Å². The second-order valence-electron chi connectivity index (χ2n) is 9.60. The number of ether oxygens (including phenoxy) is 2. The number of rotatable bonds is 4. The Morgan fingerprint density at radius 1 is 1.18 bits per heavy atom. The molecule has 2 saturated heterocycles. The van der Waals surface area contributed by atoms with Crippen LogP contribution < -0.4 is 14.8 Å². The van der Waals surface area contributed by atoms with Crippen LogP contribution in [0.5, 0.6) is 11.5 Å². The standard InChI is InChI=1S/C21H29N3O3.C6H8N2O.C2H6/c1-5-24-20(25)23-13-15-11-16(26-3)12-17(27-4)19(15)14(2)10-18(23)21(24)6-8-22-9-7-21;1-5-6(4-9)3-8(2)7-5;1-2/h10-12,14,22H,5-9,13H2,1-4H3;3-4H,1-2H3;1-2H3/t14-;;/m0../s1. The molecule has 1 N–H and O–H groups in total. The van der Waals surface area contributed by atoms with Crippen LogP contribution in [-0.4, -0.2) is 71.3 Å². The first-order chi connectivity index (χ1) is 18.3. The van der Waals surface area contributed by atoms with Crippen molar-refractivity contribution in [2.45, 2.75) is 65.5 Å². The zero-order chi connectivity index (χ0) is 28.0. The maximum Gasteiger partial charge on any atom is 0.325 e. The highest BCUT2D eigenvalue weighted by Crippen LogP contribution is 2.48. The van der Waals surface area contributed by atoms with Crippen LogP contribution in [0.25, 0.3) is 0 Å². The molecular formula is C29H43N5O4. The molecule has 1 aromatic heterocycles. The number of aldehydes is 1. The molecule has 9 heteroatoms. The van der Waals surface area contributed by atoms with Crippen molar-refractivity contribution in [3.63, 3.8) is 0 Å². The highest BCUT2D eigenvalue weighted by atomic mass is 16.5. The molecule has 208 valence electrons. The number of benzene rings is 1. The van der Waals surface area contributed by atoms with Crippen LogP contribution in [-0.2, 0) is 13.6 Å². The molecular weight excluding hydrogens is 482 g/mol. The number of methoxy groups -OCH3 is 2. The summed E-state index contributed by atoms with van der Waals surface area (Å²) in [6.45, 7) is 13.2. The highest BCUT2D eigenvalue weighted by molar-refractivity contribution is 5.83. The largest absolute Gasteiger partial charge is 0.497 e. The number of carbonyl (C=O) groups is 2. The maximum absolute atomic E-state index is 13.4. The molecule has 3 aliphatic heterocycles. The van der Waals surface area contributed by atoms with Gasteiger partial charge in [0, 0.05) is 43.0 Å². The molecule has 0 aliphatic carbocycles. The fourth-order valence-electron chi connectivity index (χ4n) is 5.84. The van der Waals surface area contributed by atoms with Crippen molar-refractivity contribution in [3.8, 4) is 11.5 Å². The number of likely N-dealkylation sites (N-methyl/N-ethyl adjacent to an activating group) is 1. The molecule has 0 radical (unpaired) electrons. The zero-order valence-electron chi connectivity index (χ0n) is 24.1. The number of urea groups is 1. The van der Waals surface area contributed by atoms with Crippen molar-refractivity contribution in [3.05, 3.63) is 52.5 Å². The summed E-state index contributed by atoms with van der Waals surface area (Å²) in [4.78, 5) is 27.6.